The van der Waals surface area contributed by atoms with E-state index in [1.165, 1.54) is 0 Å². The van der Waals surface area contributed by atoms with Gasteiger partial charge < -0.3 is 5.11 Å². The Balaban J connectivity index is 2.41. The van der Waals surface area contributed by atoms with Crippen LogP contribution in [-0.2, 0) is 0 Å². The largest absolute Gasteiger partial charge is 0.506 e. The molecule has 2 unspecified atom stereocenters. The number of nitrogens with zero attached hydrogens (tertiary/aromatic N) is 1. The van der Waals surface area contributed by atoms with E-state index in [0.717, 1.165) is 23.1 Å². The number of hydrogen-bond acceptors (Lipinski definition) is 2. The quantitative estimate of drug-likeness (QED) is 0.740. The summed E-state index contributed by atoms with van der Waals surface area (Å²) in [6.07, 6.45) is 7.36. The molecule has 2 rings (SSSR count). The van der Waals surface area contributed by atoms with Gasteiger partial charge in [0.25, 0.3) is 0 Å². The summed E-state index contributed by atoms with van der Waals surface area (Å²) in [5, 5.41) is 19.2. The smallest absolute Gasteiger partial charge is 0.137 e. The van der Waals surface area contributed by atoms with Gasteiger partial charge in [-0.05, 0) is 30.4 Å². The Kier molecular flexibility index (Phi) is 2.93. The van der Waals surface area contributed by atoms with Crippen LogP contribution in [0.1, 0.15) is 27.2 Å². The van der Waals surface area contributed by atoms with Crippen molar-refractivity contribution in [2.75, 3.05) is 0 Å². The lowest BCUT2D eigenvalue weighted by molar-refractivity contribution is 0.422. The Morgan fingerprint density at radius 3 is 2.59 bits per heavy atom. The van der Waals surface area contributed by atoms with Gasteiger partial charge in [-0.25, -0.2) is 0 Å². The zero-order valence-corrected chi connectivity index (χ0v) is 10.5. The summed E-state index contributed by atoms with van der Waals surface area (Å²) in [4.78, 5) is 0. The van der Waals surface area contributed by atoms with Gasteiger partial charge in [-0.1, -0.05) is 32.1 Å². The van der Waals surface area contributed by atoms with Gasteiger partial charge in [0.1, 0.15) is 11.8 Å². The second-order valence-corrected chi connectivity index (χ2v) is 4.89. The molecular weight excluding hydrogens is 210 g/mol. The Labute approximate surface area is 102 Å². The third kappa shape index (κ3) is 1.82. The molecule has 0 saturated carbocycles. The van der Waals surface area contributed by atoms with Crippen LogP contribution in [0, 0.1) is 23.2 Å². The van der Waals surface area contributed by atoms with E-state index in [0.29, 0.717) is 11.5 Å². The van der Waals surface area contributed by atoms with Crippen molar-refractivity contribution >= 4 is 0 Å². The first-order chi connectivity index (χ1) is 8.06. The van der Waals surface area contributed by atoms with Crippen molar-refractivity contribution < 1.29 is 5.11 Å². The molecule has 0 aromatic heterocycles. The van der Waals surface area contributed by atoms with E-state index in [9.17, 15) is 5.11 Å². The molecule has 0 spiro atoms. The van der Waals surface area contributed by atoms with Gasteiger partial charge in [0.2, 0.25) is 0 Å². The SMILES string of the molecule is CC1=C(C#N)C(O)=C(C2=CCC(C)C=C2)C1C. The summed E-state index contributed by atoms with van der Waals surface area (Å²) in [5.41, 5.74) is 3.38. The number of rotatable bonds is 1. The molecule has 0 bridgehead atoms. The minimum Gasteiger partial charge on any atom is -0.506 e. The van der Waals surface area contributed by atoms with E-state index in [-0.39, 0.29) is 11.7 Å². The maximum absolute atomic E-state index is 10.1. The molecule has 0 radical (unpaired) electrons. The Hall–Kier alpha value is -1.75. The van der Waals surface area contributed by atoms with Crippen LogP contribution >= 0.6 is 0 Å². The lowest BCUT2D eigenvalue weighted by Crippen LogP contribution is -2.03. The molecule has 0 heterocycles. The molecule has 0 aromatic rings. The molecule has 0 aliphatic heterocycles. The molecule has 1 N–H and O–H groups in total. The van der Waals surface area contributed by atoms with Gasteiger partial charge >= 0.3 is 0 Å². The molecule has 2 heteroatoms. The molecule has 2 atom stereocenters. The zero-order chi connectivity index (χ0) is 12.6. The molecule has 0 fully saturated rings. The average molecular weight is 227 g/mol. The third-order valence-electron chi connectivity index (χ3n) is 3.71. The Bertz CT molecular complexity index is 512. The number of hydrogen-bond donors (Lipinski definition) is 1. The minimum atomic E-state index is 0.133. The molecule has 0 amide bonds. The molecule has 0 saturated heterocycles. The van der Waals surface area contributed by atoms with Crippen LogP contribution in [0.25, 0.3) is 0 Å². The van der Waals surface area contributed by atoms with E-state index in [1.807, 2.05) is 13.8 Å². The van der Waals surface area contributed by atoms with Crippen molar-refractivity contribution in [2.45, 2.75) is 27.2 Å². The first-order valence-electron chi connectivity index (χ1n) is 5.99. The van der Waals surface area contributed by atoms with E-state index in [1.54, 1.807) is 0 Å². The van der Waals surface area contributed by atoms with Gasteiger partial charge in [-0.15, -0.1) is 0 Å². The van der Waals surface area contributed by atoms with Gasteiger partial charge in [0, 0.05) is 11.5 Å². The molecule has 0 aromatic carbocycles. The standard InChI is InChI=1S/C15H17NO/c1-9-4-6-12(7-5-9)14-11(3)10(2)13(8-16)15(14)17/h4,6-7,9,11,17H,5H2,1-3H3. The highest BCUT2D eigenvalue weighted by Crippen LogP contribution is 2.40. The highest BCUT2D eigenvalue weighted by molar-refractivity contribution is 5.60. The fourth-order valence-electron chi connectivity index (χ4n) is 2.41. The molecule has 2 aliphatic rings. The number of allylic oxidation sites excluding steroid dienone is 7. The topological polar surface area (TPSA) is 44.0 Å². The monoisotopic (exact) mass is 227 g/mol. The Morgan fingerprint density at radius 1 is 1.41 bits per heavy atom. The van der Waals surface area contributed by atoms with Gasteiger partial charge in [-0.3, -0.25) is 0 Å². The summed E-state index contributed by atoms with van der Waals surface area (Å²) in [7, 11) is 0. The normalized spacial score (nSPS) is 28.5. The summed E-state index contributed by atoms with van der Waals surface area (Å²) in [6, 6.07) is 2.09. The van der Waals surface area contributed by atoms with Crippen molar-refractivity contribution in [3.8, 4) is 6.07 Å². The first-order valence-corrected chi connectivity index (χ1v) is 5.99. The Morgan fingerprint density at radius 2 is 2.12 bits per heavy atom. The average Bonchev–Trinajstić information content (AvgIpc) is 2.52. The number of aliphatic hydroxyl groups excluding tert-OH is 1. The summed E-state index contributed by atoms with van der Waals surface area (Å²) >= 11 is 0. The number of nitriles is 1. The summed E-state index contributed by atoms with van der Waals surface area (Å²) < 4.78 is 0. The summed E-state index contributed by atoms with van der Waals surface area (Å²) in [6.45, 7) is 6.13. The van der Waals surface area contributed by atoms with Crippen LogP contribution in [0.2, 0.25) is 0 Å². The molecule has 17 heavy (non-hydrogen) atoms. The van der Waals surface area contributed by atoms with Crippen LogP contribution in [0.5, 0.6) is 0 Å². The third-order valence-corrected chi connectivity index (χ3v) is 3.71. The van der Waals surface area contributed by atoms with Gasteiger partial charge in [-0.2, -0.15) is 5.26 Å². The molecule has 2 nitrogen and oxygen atoms in total. The van der Waals surface area contributed by atoms with Crippen molar-refractivity contribution in [2.24, 2.45) is 11.8 Å². The van der Waals surface area contributed by atoms with Crippen molar-refractivity contribution in [3.63, 3.8) is 0 Å². The summed E-state index contributed by atoms with van der Waals surface area (Å²) in [5.74, 6) is 0.861. The molecule has 88 valence electrons. The van der Waals surface area contributed by atoms with Crippen LogP contribution in [-0.4, -0.2) is 5.11 Å². The minimum absolute atomic E-state index is 0.133. The van der Waals surface area contributed by atoms with Crippen LogP contribution < -0.4 is 0 Å². The van der Waals surface area contributed by atoms with Crippen LogP contribution in [0.4, 0.5) is 0 Å². The van der Waals surface area contributed by atoms with Crippen molar-refractivity contribution in [3.05, 3.63) is 46.3 Å². The lowest BCUT2D eigenvalue weighted by atomic mass is 9.88. The van der Waals surface area contributed by atoms with E-state index < -0.39 is 0 Å². The first kappa shape index (κ1) is 11.7. The second kappa shape index (κ2) is 4.25. The van der Waals surface area contributed by atoms with Crippen molar-refractivity contribution in [1.82, 2.24) is 0 Å². The van der Waals surface area contributed by atoms with Crippen molar-refractivity contribution in [1.29, 1.82) is 5.26 Å². The fourth-order valence-corrected chi connectivity index (χ4v) is 2.41. The van der Waals surface area contributed by atoms with Gasteiger partial charge in [0.05, 0.1) is 5.57 Å². The van der Waals surface area contributed by atoms with E-state index >= 15 is 0 Å². The molecule has 2 aliphatic carbocycles. The van der Waals surface area contributed by atoms with Crippen LogP contribution in [0.3, 0.4) is 0 Å². The maximum Gasteiger partial charge on any atom is 0.137 e. The highest BCUT2D eigenvalue weighted by Gasteiger charge is 2.30. The van der Waals surface area contributed by atoms with Crippen LogP contribution in [0.15, 0.2) is 46.3 Å². The predicted molar refractivity (Wildman–Crippen MR) is 68.1 cm³/mol. The fraction of sp³-hybridized carbons (Fsp3) is 0.400. The number of aliphatic hydroxyl groups is 1. The van der Waals surface area contributed by atoms with E-state index in [4.69, 9.17) is 5.26 Å². The molecular formula is C15H17NO. The predicted octanol–water partition coefficient (Wildman–Crippen LogP) is 3.81. The highest BCUT2D eigenvalue weighted by atomic mass is 16.3. The second-order valence-electron chi connectivity index (χ2n) is 4.89. The van der Waals surface area contributed by atoms with Gasteiger partial charge in [0.15, 0.2) is 0 Å². The zero-order valence-electron chi connectivity index (χ0n) is 10.5. The van der Waals surface area contributed by atoms with E-state index in [2.05, 4.69) is 31.2 Å². The maximum atomic E-state index is 10.1. The lowest BCUT2D eigenvalue weighted by Gasteiger charge is -2.17.